The molecule has 28 heavy (non-hydrogen) atoms. The summed E-state index contributed by atoms with van der Waals surface area (Å²) in [5.74, 6) is 0.771. The van der Waals surface area contributed by atoms with Crippen molar-refractivity contribution in [2.75, 3.05) is 7.11 Å². The van der Waals surface area contributed by atoms with E-state index in [0.29, 0.717) is 10.6 Å². The van der Waals surface area contributed by atoms with E-state index in [1.807, 2.05) is 29.6 Å². The highest BCUT2D eigenvalue weighted by Gasteiger charge is 2.08. The molecule has 1 aromatic heterocycles. The van der Waals surface area contributed by atoms with Crippen LogP contribution in [0.15, 0.2) is 66.1 Å². The van der Waals surface area contributed by atoms with Gasteiger partial charge in [-0.1, -0.05) is 12.2 Å². The molecule has 1 heterocycles. The third kappa shape index (κ3) is 4.50. The molecule has 0 N–H and O–H groups in total. The second kappa shape index (κ2) is 8.75. The van der Waals surface area contributed by atoms with Gasteiger partial charge in [0.2, 0.25) is 0 Å². The van der Waals surface area contributed by atoms with Crippen molar-refractivity contribution < 1.29 is 9.66 Å². The molecule has 0 aliphatic rings. The molecule has 0 saturated carbocycles. The van der Waals surface area contributed by atoms with Gasteiger partial charge in [-0.05, 0) is 48.0 Å². The molecular weight excluding hydrogens is 374 g/mol. The van der Waals surface area contributed by atoms with E-state index in [1.54, 1.807) is 37.5 Å². The lowest BCUT2D eigenvalue weighted by molar-refractivity contribution is -0.384. The molecule has 6 nitrogen and oxygen atoms in total. The number of rotatable bonds is 6. The number of aromatic nitrogens is 1. The van der Waals surface area contributed by atoms with Crippen molar-refractivity contribution >= 4 is 28.7 Å². The standard InChI is InChI=1S/C21H15N3O3S/c1-27-19-11-7-16(8-12-19)20-14-28-21(23-20)17(13-22)4-2-3-15-5-9-18(10-6-15)24(25)26/h2-12,14H,1H3. The number of nitro groups is 1. The summed E-state index contributed by atoms with van der Waals surface area (Å²) in [7, 11) is 1.62. The minimum atomic E-state index is -0.440. The molecule has 2 aromatic carbocycles. The van der Waals surface area contributed by atoms with Crippen molar-refractivity contribution in [3.05, 3.63) is 86.7 Å². The quantitative estimate of drug-likeness (QED) is 0.245. The van der Waals surface area contributed by atoms with Crippen molar-refractivity contribution in [2.45, 2.75) is 0 Å². The summed E-state index contributed by atoms with van der Waals surface area (Å²) in [6.07, 6.45) is 5.19. The van der Waals surface area contributed by atoms with Gasteiger partial charge in [-0.2, -0.15) is 5.26 Å². The smallest absolute Gasteiger partial charge is 0.269 e. The third-order valence-corrected chi connectivity index (χ3v) is 4.77. The first-order valence-electron chi connectivity index (χ1n) is 8.24. The first-order chi connectivity index (χ1) is 13.6. The van der Waals surface area contributed by atoms with Gasteiger partial charge in [0, 0.05) is 23.1 Å². The minimum absolute atomic E-state index is 0.0410. The maximum absolute atomic E-state index is 10.7. The molecule has 0 aliphatic carbocycles. The van der Waals surface area contributed by atoms with E-state index in [-0.39, 0.29) is 5.69 Å². The average molecular weight is 389 g/mol. The number of non-ortho nitro benzene ring substituents is 1. The lowest BCUT2D eigenvalue weighted by Crippen LogP contribution is -1.86. The van der Waals surface area contributed by atoms with E-state index in [9.17, 15) is 15.4 Å². The van der Waals surface area contributed by atoms with Crippen molar-refractivity contribution in [1.29, 1.82) is 5.26 Å². The number of nitro benzene ring substituents is 1. The molecular formula is C21H15N3O3S. The highest BCUT2D eigenvalue weighted by atomic mass is 32.1. The third-order valence-electron chi connectivity index (χ3n) is 3.90. The predicted molar refractivity (Wildman–Crippen MR) is 110 cm³/mol. The number of ether oxygens (including phenoxy) is 1. The Bertz CT molecular complexity index is 1080. The van der Waals surface area contributed by atoms with E-state index in [4.69, 9.17) is 4.74 Å². The molecule has 0 atom stereocenters. The summed E-state index contributed by atoms with van der Waals surface area (Å²) < 4.78 is 5.15. The van der Waals surface area contributed by atoms with Gasteiger partial charge >= 0.3 is 0 Å². The maximum Gasteiger partial charge on any atom is 0.269 e. The van der Waals surface area contributed by atoms with E-state index in [0.717, 1.165) is 22.6 Å². The SMILES string of the molecule is COc1ccc(-c2csc(C(C#N)=CC=Cc3ccc([N+](=O)[O-])cc3)n2)cc1. The topological polar surface area (TPSA) is 89.0 Å². The number of nitrogens with zero attached hydrogens (tertiary/aromatic N) is 3. The van der Waals surface area contributed by atoms with Crippen LogP contribution >= 0.6 is 11.3 Å². The molecule has 138 valence electrons. The maximum atomic E-state index is 10.7. The Balaban J connectivity index is 1.76. The van der Waals surface area contributed by atoms with E-state index in [2.05, 4.69) is 11.1 Å². The molecule has 7 heteroatoms. The molecule has 0 bridgehead atoms. The average Bonchev–Trinajstić information content (AvgIpc) is 3.21. The molecule has 0 amide bonds. The van der Waals surface area contributed by atoms with Crippen molar-refractivity contribution in [3.63, 3.8) is 0 Å². The number of nitriles is 1. The number of benzene rings is 2. The fraction of sp³-hybridized carbons (Fsp3) is 0.0476. The molecule has 0 unspecified atom stereocenters. The van der Waals surface area contributed by atoms with Crippen LogP contribution in [0.1, 0.15) is 10.6 Å². The summed E-state index contributed by atoms with van der Waals surface area (Å²) in [6, 6.07) is 15.9. The normalized spacial score (nSPS) is 11.4. The Morgan fingerprint density at radius 1 is 1.21 bits per heavy atom. The first-order valence-corrected chi connectivity index (χ1v) is 9.12. The van der Waals surface area contributed by atoms with Gasteiger partial charge in [0.25, 0.3) is 5.69 Å². The van der Waals surface area contributed by atoms with Crippen molar-refractivity contribution in [2.24, 2.45) is 0 Å². The van der Waals surface area contributed by atoms with Crippen LogP contribution < -0.4 is 4.74 Å². The number of allylic oxidation sites excluding steroid dienone is 3. The Morgan fingerprint density at radius 3 is 2.54 bits per heavy atom. The molecule has 3 rings (SSSR count). The van der Waals surface area contributed by atoms with Crippen LogP contribution in [0.5, 0.6) is 5.75 Å². The Morgan fingerprint density at radius 2 is 1.93 bits per heavy atom. The van der Waals surface area contributed by atoms with Gasteiger partial charge in [0.1, 0.15) is 16.8 Å². The fourth-order valence-corrected chi connectivity index (χ4v) is 3.21. The van der Waals surface area contributed by atoms with Crippen LogP contribution in [0.25, 0.3) is 22.9 Å². The zero-order chi connectivity index (χ0) is 19.9. The van der Waals surface area contributed by atoms with E-state index < -0.39 is 4.92 Å². The van der Waals surface area contributed by atoms with Crippen LogP contribution in [0.4, 0.5) is 5.69 Å². The molecule has 3 aromatic rings. The van der Waals surface area contributed by atoms with Crippen LogP contribution in [0, 0.1) is 21.4 Å². The highest BCUT2D eigenvalue weighted by molar-refractivity contribution is 7.11. The number of methoxy groups -OCH3 is 1. The molecule has 0 aliphatic heterocycles. The lowest BCUT2D eigenvalue weighted by Gasteiger charge is -2.00. The van der Waals surface area contributed by atoms with Crippen LogP contribution in [0.3, 0.4) is 0 Å². The predicted octanol–water partition coefficient (Wildman–Crippen LogP) is 5.35. The van der Waals surface area contributed by atoms with Gasteiger partial charge in [0.15, 0.2) is 0 Å². The molecule has 0 fully saturated rings. The van der Waals surface area contributed by atoms with E-state index >= 15 is 0 Å². The van der Waals surface area contributed by atoms with Gasteiger partial charge in [0.05, 0.1) is 23.3 Å². The van der Waals surface area contributed by atoms with Gasteiger partial charge < -0.3 is 4.74 Å². The van der Waals surface area contributed by atoms with Gasteiger partial charge in [-0.25, -0.2) is 4.98 Å². The minimum Gasteiger partial charge on any atom is -0.497 e. The largest absolute Gasteiger partial charge is 0.497 e. The van der Waals surface area contributed by atoms with Crippen molar-refractivity contribution in [1.82, 2.24) is 4.98 Å². The number of hydrogen-bond donors (Lipinski definition) is 0. The summed E-state index contributed by atoms with van der Waals surface area (Å²) in [5.41, 5.74) is 3.03. The highest BCUT2D eigenvalue weighted by Crippen LogP contribution is 2.27. The summed E-state index contributed by atoms with van der Waals surface area (Å²) in [6.45, 7) is 0. The van der Waals surface area contributed by atoms with Crippen LogP contribution in [0.2, 0.25) is 0 Å². The second-order valence-electron chi connectivity index (χ2n) is 5.67. The zero-order valence-corrected chi connectivity index (χ0v) is 15.7. The van der Waals surface area contributed by atoms with Crippen LogP contribution in [-0.4, -0.2) is 17.0 Å². The number of thiazole rings is 1. The molecule has 0 spiro atoms. The Hall–Kier alpha value is -3.76. The molecule has 0 radical (unpaired) electrons. The van der Waals surface area contributed by atoms with Crippen LogP contribution in [-0.2, 0) is 0 Å². The first kappa shape index (κ1) is 19.0. The Labute approximate surface area is 165 Å². The van der Waals surface area contributed by atoms with Gasteiger partial charge in [-0.15, -0.1) is 11.3 Å². The lowest BCUT2D eigenvalue weighted by atomic mass is 10.1. The Kier molecular flexibility index (Phi) is 5.94. The summed E-state index contributed by atoms with van der Waals surface area (Å²) >= 11 is 1.40. The summed E-state index contributed by atoms with van der Waals surface area (Å²) in [5, 5.41) is 22.7. The van der Waals surface area contributed by atoms with Gasteiger partial charge in [-0.3, -0.25) is 10.1 Å². The van der Waals surface area contributed by atoms with E-state index in [1.165, 1.54) is 23.5 Å². The second-order valence-corrected chi connectivity index (χ2v) is 6.52. The molecule has 0 saturated heterocycles. The monoisotopic (exact) mass is 389 g/mol. The summed E-state index contributed by atoms with van der Waals surface area (Å²) in [4.78, 5) is 14.8. The zero-order valence-electron chi connectivity index (χ0n) is 14.9. The van der Waals surface area contributed by atoms with Crippen molar-refractivity contribution in [3.8, 4) is 23.1 Å². The number of hydrogen-bond acceptors (Lipinski definition) is 6. The fourth-order valence-electron chi connectivity index (χ4n) is 2.41.